The molecule has 3 nitrogen and oxygen atoms in total. The number of aliphatic hydroxyl groups excluding tert-OH is 1. The van der Waals surface area contributed by atoms with E-state index in [-0.39, 0.29) is 6.61 Å². The average molecular weight is 302 g/mol. The number of hydrogen-bond donors (Lipinski definition) is 2. The van der Waals surface area contributed by atoms with Crippen molar-refractivity contribution >= 4 is 0 Å². The molecule has 1 saturated heterocycles. The van der Waals surface area contributed by atoms with Crippen LogP contribution in [0, 0.1) is 0 Å². The van der Waals surface area contributed by atoms with Gasteiger partial charge in [0.2, 0.25) is 0 Å². The summed E-state index contributed by atoms with van der Waals surface area (Å²) in [6, 6.07) is 5.10. The highest BCUT2D eigenvalue weighted by atomic mass is 19.4. The Bertz CT molecular complexity index is 453. The lowest BCUT2D eigenvalue weighted by Gasteiger charge is -2.40. The smallest absolute Gasteiger partial charge is 0.394 e. The number of hydrogen-bond acceptors (Lipinski definition) is 3. The molecule has 1 aliphatic heterocycles. The second kappa shape index (κ2) is 6.34. The highest BCUT2D eigenvalue weighted by Gasteiger charge is 2.35. The quantitative estimate of drug-likeness (QED) is 0.898. The van der Waals surface area contributed by atoms with Gasteiger partial charge in [-0.1, -0.05) is 12.1 Å². The van der Waals surface area contributed by atoms with E-state index >= 15 is 0 Å². The number of aliphatic hydroxyl groups is 1. The van der Waals surface area contributed by atoms with Crippen molar-refractivity contribution in [3.05, 3.63) is 35.4 Å². The summed E-state index contributed by atoms with van der Waals surface area (Å²) in [6.45, 7) is 5.06. The first-order valence-electron chi connectivity index (χ1n) is 7.12. The van der Waals surface area contributed by atoms with Gasteiger partial charge in [0, 0.05) is 19.6 Å². The molecule has 0 aliphatic carbocycles. The Morgan fingerprint density at radius 3 is 2.29 bits per heavy atom. The zero-order chi connectivity index (χ0) is 15.5. The molecule has 0 saturated carbocycles. The van der Waals surface area contributed by atoms with Gasteiger partial charge in [-0.15, -0.1) is 0 Å². The number of rotatable bonds is 3. The largest absolute Gasteiger partial charge is 0.416 e. The summed E-state index contributed by atoms with van der Waals surface area (Å²) in [6.07, 6.45) is -3.38. The molecule has 0 spiro atoms. The van der Waals surface area contributed by atoms with E-state index in [1.54, 1.807) is 0 Å². The Hall–Kier alpha value is -1.11. The second-order valence-electron chi connectivity index (χ2n) is 5.60. The molecule has 1 unspecified atom stereocenters. The second-order valence-corrected chi connectivity index (χ2v) is 5.60. The van der Waals surface area contributed by atoms with E-state index in [1.165, 1.54) is 12.1 Å². The standard InChI is InChI=1S/C15H21F3N2O/c1-14(11-21,20-9-2-7-19-8-10-20)12-3-5-13(6-4-12)15(16,17)18/h3-6,19,21H,2,7-11H2,1H3. The first kappa shape index (κ1) is 16.3. The van der Waals surface area contributed by atoms with E-state index < -0.39 is 17.3 Å². The molecule has 1 heterocycles. The van der Waals surface area contributed by atoms with Gasteiger partial charge in [0.25, 0.3) is 0 Å². The maximum absolute atomic E-state index is 12.6. The maximum atomic E-state index is 12.6. The normalized spacial score (nSPS) is 20.8. The monoisotopic (exact) mass is 302 g/mol. The predicted octanol–water partition coefficient (Wildman–Crippen LogP) is 2.21. The first-order chi connectivity index (χ1) is 9.88. The number of nitrogens with one attached hydrogen (secondary N) is 1. The van der Waals surface area contributed by atoms with E-state index in [9.17, 15) is 18.3 Å². The maximum Gasteiger partial charge on any atom is 0.416 e. The number of benzene rings is 1. The molecule has 1 aromatic carbocycles. The molecule has 21 heavy (non-hydrogen) atoms. The van der Waals surface area contributed by atoms with Crippen molar-refractivity contribution in [2.75, 3.05) is 32.8 Å². The lowest BCUT2D eigenvalue weighted by Crippen LogP contribution is -2.48. The van der Waals surface area contributed by atoms with Crippen molar-refractivity contribution in [1.29, 1.82) is 0 Å². The molecule has 0 aromatic heterocycles. The van der Waals surface area contributed by atoms with Gasteiger partial charge < -0.3 is 10.4 Å². The highest BCUT2D eigenvalue weighted by Crippen LogP contribution is 2.33. The summed E-state index contributed by atoms with van der Waals surface area (Å²) in [4.78, 5) is 2.13. The molecule has 2 rings (SSSR count). The minimum Gasteiger partial charge on any atom is -0.394 e. The highest BCUT2D eigenvalue weighted by molar-refractivity contribution is 5.30. The fourth-order valence-corrected chi connectivity index (χ4v) is 2.73. The molecular weight excluding hydrogens is 281 g/mol. The third kappa shape index (κ3) is 3.56. The van der Waals surface area contributed by atoms with E-state index in [1.807, 2.05) is 6.92 Å². The molecular formula is C15H21F3N2O. The summed E-state index contributed by atoms with van der Waals surface area (Å²) in [5, 5.41) is 13.1. The third-order valence-corrected chi connectivity index (χ3v) is 4.18. The van der Waals surface area contributed by atoms with Crippen molar-refractivity contribution < 1.29 is 18.3 Å². The van der Waals surface area contributed by atoms with Crippen molar-refractivity contribution in [2.24, 2.45) is 0 Å². The van der Waals surface area contributed by atoms with Crippen LogP contribution in [0.15, 0.2) is 24.3 Å². The Morgan fingerprint density at radius 2 is 1.71 bits per heavy atom. The van der Waals surface area contributed by atoms with Gasteiger partial charge in [-0.3, -0.25) is 4.90 Å². The first-order valence-corrected chi connectivity index (χ1v) is 7.12. The Kier molecular flexibility index (Phi) is 4.91. The molecule has 0 radical (unpaired) electrons. The van der Waals surface area contributed by atoms with Gasteiger partial charge in [-0.05, 0) is 37.6 Å². The Labute approximate surface area is 122 Å². The zero-order valence-corrected chi connectivity index (χ0v) is 12.1. The molecule has 0 amide bonds. The van der Waals surface area contributed by atoms with Crippen molar-refractivity contribution in [2.45, 2.75) is 25.1 Å². The topological polar surface area (TPSA) is 35.5 Å². The summed E-state index contributed by atoms with van der Waals surface area (Å²) >= 11 is 0. The molecule has 2 N–H and O–H groups in total. The molecule has 1 aliphatic rings. The molecule has 6 heteroatoms. The van der Waals surface area contributed by atoms with Crippen LogP contribution < -0.4 is 5.32 Å². The van der Waals surface area contributed by atoms with Crippen molar-refractivity contribution in [3.8, 4) is 0 Å². The molecule has 118 valence electrons. The summed E-state index contributed by atoms with van der Waals surface area (Å²) in [5.74, 6) is 0. The zero-order valence-electron chi connectivity index (χ0n) is 12.1. The van der Waals surface area contributed by atoms with Crippen molar-refractivity contribution in [3.63, 3.8) is 0 Å². The number of alkyl halides is 3. The molecule has 0 bridgehead atoms. The molecule has 1 atom stereocenters. The van der Waals surface area contributed by atoms with E-state index in [2.05, 4.69) is 10.2 Å². The van der Waals surface area contributed by atoms with Crippen LogP contribution in [0.4, 0.5) is 13.2 Å². The van der Waals surface area contributed by atoms with Crippen LogP contribution in [0.25, 0.3) is 0 Å². The number of halogens is 3. The van der Waals surface area contributed by atoms with Crippen LogP contribution in [0.2, 0.25) is 0 Å². The third-order valence-electron chi connectivity index (χ3n) is 4.18. The Balaban J connectivity index is 2.26. The molecule has 1 fully saturated rings. The lowest BCUT2D eigenvalue weighted by molar-refractivity contribution is -0.137. The predicted molar refractivity (Wildman–Crippen MR) is 74.9 cm³/mol. The molecule has 1 aromatic rings. The van der Waals surface area contributed by atoms with Gasteiger partial charge >= 0.3 is 6.18 Å². The van der Waals surface area contributed by atoms with Crippen LogP contribution in [0.3, 0.4) is 0 Å². The van der Waals surface area contributed by atoms with E-state index in [0.717, 1.165) is 44.7 Å². The minimum atomic E-state index is -4.33. The van der Waals surface area contributed by atoms with Crippen LogP contribution in [-0.2, 0) is 11.7 Å². The number of nitrogens with zero attached hydrogens (tertiary/aromatic N) is 1. The van der Waals surface area contributed by atoms with E-state index in [0.29, 0.717) is 5.56 Å². The average Bonchev–Trinajstić information content (AvgIpc) is 2.75. The minimum absolute atomic E-state index is 0.127. The fraction of sp³-hybridized carbons (Fsp3) is 0.600. The summed E-state index contributed by atoms with van der Waals surface area (Å²) in [7, 11) is 0. The van der Waals surface area contributed by atoms with Crippen LogP contribution in [0.5, 0.6) is 0 Å². The summed E-state index contributed by atoms with van der Waals surface area (Å²) in [5.41, 5.74) is -0.611. The van der Waals surface area contributed by atoms with Gasteiger partial charge in [0.15, 0.2) is 0 Å². The van der Waals surface area contributed by atoms with Gasteiger partial charge in [0.1, 0.15) is 0 Å². The van der Waals surface area contributed by atoms with Crippen molar-refractivity contribution in [1.82, 2.24) is 10.2 Å². The van der Waals surface area contributed by atoms with Gasteiger partial charge in [-0.25, -0.2) is 0 Å². The SMILES string of the molecule is CC(CO)(c1ccc(C(F)(F)F)cc1)N1CCCNCC1. The van der Waals surface area contributed by atoms with E-state index in [4.69, 9.17) is 0 Å². The Morgan fingerprint density at radius 1 is 1.10 bits per heavy atom. The van der Waals surface area contributed by atoms with Gasteiger partial charge in [-0.2, -0.15) is 13.2 Å². The lowest BCUT2D eigenvalue weighted by atomic mass is 9.89. The van der Waals surface area contributed by atoms with Crippen LogP contribution >= 0.6 is 0 Å². The van der Waals surface area contributed by atoms with Crippen LogP contribution in [-0.4, -0.2) is 42.8 Å². The summed E-state index contributed by atoms with van der Waals surface area (Å²) < 4.78 is 37.9. The van der Waals surface area contributed by atoms with Crippen LogP contribution in [0.1, 0.15) is 24.5 Å². The fourth-order valence-electron chi connectivity index (χ4n) is 2.73. The van der Waals surface area contributed by atoms with Gasteiger partial charge in [0.05, 0.1) is 17.7 Å².